The number of ether oxygens (including phenoxy) is 1. The van der Waals surface area contributed by atoms with Crippen molar-refractivity contribution in [2.45, 2.75) is 6.92 Å². The standard InChI is InChI=1S/C12H10N2O2/c1-9-13-6-12(7-14-9)16-11-4-2-3-10(5-11)8-15/h2-8H,1H3. The lowest BCUT2D eigenvalue weighted by molar-refractivity contribution is 0.112. The molecule has 0 unspecified atom stereocenters. The second kappa shape index (κ2) is 4.53. The van der Waals surface area contributed by atoms with Crippen LogP contribution >= 0.6 is 0 Å². The Bertz CT molecular complexity index is 495. The topological polar surface area (TPSA) is 52.1 Å². The summed E-state index contributed by atoms with van der Waals surface area (Å²) in [6.07, 6.45) is 3.96. The molecule has 4 nitrogen and oxygen atoms in total. The molecule has 0 atom stereocenters. The second-order valence-electron chi connectivity index (χ2n) is 3.26. The predicted octanol–water partition coefficient (Wildman–Crippen LogP) is 2.39. The highest BCUT2D eigenvalue weighted by Crippen LogP contribution is 2.20. The first kappa shape index (κ1) is 10.3. The molecule has 0 fully saturated rings. The van der Waals surface area contributed by atoms with E-state index in [-0.39, 0.29) is 0 Å². The smallest absolute Gasteiger partial charge is 0.164 e. The Balaban J connectivity index is 2.20. The first-order valence-corrected chi connectivity index (χ1v) is 4.79. The molecule has 16 heavy (non-hydrogen) atoms. The van der Waals surface area contributed by atoms with Gasteiger partial charge in [-0.25, -0.2) is 9.97 Å². The number of nitrogens with zero attached hydrogens (tertiary/aromatic N) is 2. The molecular weight excluding hydrogens is 204 g/mol. The molecule has 2 aromatic rings. The lowest BCUT2D eigenvalue weighted by Gasteiger charge is -2.04. The molecule has 4 heteroatoms. The highest BCUT2D eigenvalue weighted by molar-refractivity contribution is 5.75. The number of aldehydes is 1. The van der Waals surface area contributed by atoms with Crippen LogP contribution in [0.1, 0.15) is 16.2 Å². The van der Waals surface area contributed by atoms with Crippen LogP contribution in [-0.2, 0) is 0 Å². The molecule has 0 radical (unpaired) electrons. The molecule has 0 amide bonds. The van der Waals surface area contributed by atoms with E-state index in [1.165, 1.54) is 0 Å². The molecular formula is C12H10N2O2. The van der Waals surface area contributed by atoms with Gasteiger partial charge in [0, 0.05) is 5.56 Å². The summed E-state index contributed by atoms with van der Waals surface area (Å²) >= 11 is 0. The first-order valence-electron chi connectivity index (χ1n) is 4.79. The zero-order valence-electron chi connectivity index (χ0n) is 8.75. The Labute approximate surface area is 92.9 Å². The molecule has 0 saturated heterocycles. The number of benzene rings is 1. The van der Waals surface area contributed by atoms with Gasteiger partial charge in [-0.2, -0.15) is 0 Å². The van der Waals surface area contributed by atoms with Crippen molar-refractivity contribution in [2.75, 3.05) is 0 Å². The molecule has 0 N–H and O–H groups in total. The van der Waals surface area contributed by atoms with Crippen LogP contribution in [0.2, 0.25) is 0 Å². The Morgan fingerprint density at radius 3 is 2.62 bits per heavy atom. The number of carbonyl (C=O) groups excluding carboxylic acids is 1. The van der Waals surface area contributed by atoms with Crippen LogP contribution < -0.4 is 4.74 Å². The third-order valence-electron chi connectivity index (χ3n) is 1.99. The molecule has 0 aliphatic heterocycles. The van der Waals surface area contributed by atoms with E-state index in [0.717, 1.165) is 6.29 Å². The quantitative estimate of drug-likeness (QED) is 0.736. The van der Waals surface area contributed by atoms with E-state index < -0.39 is 0 Å². The number of aromatic nitrogens is 2. The molecule has 80 valence electrons. The number of aryl methyl sites for hydroxylation is 1. The van der Waals surface area contributed by atoms with Crippen molar-refractivity contribution < 1.29 is 9.53 Å². The molecule has 0 saturated carbocycles. The van der Waals surface area contributed by atoms with Gasteiger partial charge in [0.15, 0.2) is 5.75 Å². The Kier molecular flexibility index (Phi) is 2.91. The minimum atomic E-state index is 0.550. The van der Waals surface area contributed by atoms with Crippen molar-refractivity contribution in [3.63, 3.8) is 0 Å². The highest BCUT2D eigenvalue weighted by atomic mass is 16.5. The summed E-state index contributed by atoms with van der Waals surface area (Å²) in [5, 5.41) is 0. The van der Waals surface area contributed by atoms with Gasteiger partial charge in [-0.15, -0.1) is 0 Å². The SMILES string of the molecule is Cc1ncc(Oc2cccc(C=O)c2)cn1. The van der Waals surface area contributed by atoms with E-state index in [1.54, 1.807) is 43.6 Å². The maximum atomic E-state index is 10.6. The summed E-state index contributed by atoms with van der Waals surface area (Å²) in [4.78, 5) is 18.6. The average molecular weight is 214 g/mol. The van der Waals surface area contributed by atoms with Crippen LogP contribution in [0.3, 0.4) is 0 Å². The summed E-state index contributed by atoms with van der Waals surface area (Å²) in [6.45, 7) is 1.80. The number of rotatable bonds is 3. The maximum absolute atomic E-state index is 10.6. The van der Waals surface area contributed by atoms with Gasteiger partial charge in [-0.1, -0.05) is 12.1 Å². The molecule has 1 heterocycles. The number of carbonyl (C=O) groups is 1. The van der Waals surface area contributed by atoms with Crippen LogP contribution in [0.25, 0.3) is 0 Å². The molecule has 2 rings (SSSR count). The fourth-order valence-electron chi connectivity index (χ4n) is 1.22. The summed E-state index contributed by atoms with van der Waals surface area (Å²) < 4.78 is 5.49. The monoisotopic (exact) mass is 214 g/mol. The van der Waals surface area contributed by atoms with E-state index in [0.29, 0.717) is 22.9 Å². The van der Waals surface area contributed by atoms with Crippen LogP contribution in [0, 0.1) is 6.92 Å². The number of hydrogen-bond acceptors (Lipinski definition) is 4. The van der Waals surface area contributed by atoms with Crippen LogP contribution in [-0.4, -0.2) is 16.3 Å². The molecule has 0 aliphatic rings. The van der Waals surface area contributed by atoms with Gasteiger partial charge in [-0.05, 0) is 19.1 Å². The lowest BCUT2D eigenvalue weighted by Crippen LogP contribution is -1.90. The van der Waals surface area contributed by atoms with Gasteiger partial charge in [0.25, 0.3) is 0 Å². The second-order valence-corrected chi connectivity index (χ2v) is 3.26. The third-order valence-corrected chi connectivity index (χ3v) is 1.99. The Hall–Kier alpha value is -2.23. The van der Waals surface area contributed by atoms with Gasteiger partial charge in [-0.3, -0.25) is 4.79 Å². The van der Waals surface area contributed by atoms with Crippen molar-refractivity contribution >= 4 is 6.29 Å². The van der Waals surface area contributed by atoms with Crippen molar-refractivity contribution in [2.24, 2.45) is 0 Å². The fourth-order valence-corrected chi connectivity index (χ4v) is 1.22. The first-order chi connectivity index (χ1) is 7.78. The van der Waals surface area contributed by atoms with Crippen molar-refractivity contribution in [1.82, 2.24) is 9.97 Å². The molecule has 0 aliphatic carbocycles. The largest absolute Gasteiger partial charge is 0.454 e. The number of hydrogen-bond donors (Lipinski definition) is 0. The zero-order chi connectivity index (χ0) is 11.4. The van der Waals surface area contributed by atoms with Gasteiger partial charge >= 0.3 is 0 Å². The lowest BCUT2D eigenvalue weighted by atomic mass is 10.2. The van der Waals surface area contributed by atoms with E-state index in [1.807, 2.05) is 0 Å². The van der Waals surface area contributed by atoms with E-state index in [2.05, 4.69) is 9.97 Å². The van der Waals surface area contributed by atoms with Crippen LogP contribution in [0.4, 0.5) is 0 Å². The Morgan fingerprint density at radius 2 is 1.94 bits per heavy atom. The predicted molar refractivity (Wildman–Crippen MR) is 58.7 cm³/mol. The van der Waals surface area contributed by atoms with E-state index >= 15 is 0 Å². The summed E-state index contributed by atoms with van der Waals surface area (Å²) in [5.74, 6) is 1.83. The van der Waals surface area contributed by atoms with E-state index in [9.17, 15) is 4.79 Å². The minimum absolute atomic E-state index is 0.550. The summed E-state index contributed by atoms with van der Waals surface area (Å²) in [5.41, 5.74) is 0.575. The summed E-state index contributed by atoms with van der Waals surface area (Å²) in [7, 11) is 0. The highest BCUT2D eigenvalue weighted by Gasteiger charge is 1.99. The summed E-state index contributed by atoms with van der Waals surface area (Å²) in [6, 6.07) is 6.90. The maximum Gasteiger partial charge on any atom is 0.164 e. The van der Waals surface area contributed by atoms with Crippen LogP contribution in [0.15, 0.2) is 36.7 Å². The zero-order valence-corrected chi connectivity index (χ0v) is 8.75. The molecule has 1 aromatic heterocycles. The molecule has 1 aromatic carbocycles. The van der Waals surface area contributed by atoms with Gasteiger partial charge in [0.05, 0.1) is 12.4 Å². The van der Waals surface area contributed by atoms with Crippen molar-refractivity contribution in [3.05, 3.63) is 48.0 Å². The van der Waals surface area contributed by atoms with Crippen LogP contribution in [0.5, 0.6) is 11.5 Å². The molecule has 0 bridgehead atoms. The van der Waals surface area contributed by atoms with Crippen molar-refractivity contribution in [3.8, 4) is 11.5 Å². The average Bonchev–Trinajstić information content (AvgIpc) is 2.32. The fraction of sp³-hybridized carbons (Fsp3) is 0.0833. The van der Waals surface area contributed by atoms with Gasteiger partial charge < -0.3 is 4.74 Å². The van der Waals surface area contributed by atoms with E-state index in [4.69, 9.17) is 4.74 Å². The minimum Gasteiger partial charge on any atom is -0.454 e. The van der Waals surface area contributed by atoms with Gasteiger partial charge in [0.2, 0.25) is 0 Å². The Morgan fingerprint density at radius 1 is 1.19 bits per heavy atom. The van der Waals surface area contributed by atoms with Crippen molar-refractivity contribution in [1.29, 1.82) is 0 Å². The normalized spacial score (nSPS) is 9.81. The van der Waals surface area contributed by atoms with Gasteiger partial charge in [0.1, 0.15) is 17.9 Å². The third kappa shape index (κ3) is 2.42. The molecule has 0 spiro atoms.